The van der Waals surface area contributed by atoms with Gasteiger partial charge in [-0.25, -0.2) is 4.39 Å². The number of carbonyl (C=O) groups is 1. The molecule has 0 aliphatic rings. The van der Waals surface area contributed by atoms with Crippen LogP contribution in [0.25, 0.3) is 11.3 Å². The van der Waals surface area contributed by atoms with Crippen molar-refractivity contribution < 1.29 is 18.8 Å². The molecule has 0 radical (unpaired) electrons. The highest BCUT2D eigenvalue weighted by molar-refractivity contribution is 6.33. The highest BCUT2D eigenvalue weighted by atomic mass is 35.5. The van der Waals surface area contributed by atoms with E-state index in [0.717, 1.165) is 0 Å². The van der Waals surface area contributed by atoms with Gasteiger partial charge < -0.3 is 14.5 Å². The molecule has 7 heteroatoms. The average molecular weight is 341 g/mol. The van der Waals surface area contributed by atoms with Crippen LogP contribution in [0.1, 0.15) is 29.5 Å². The zero-order valence-electron chi connectivity index (χ0n) is 13.1. The quantitative estimate of drug-likeness (QED) is 0.907. The molecule has 1 aromatic heterocycles. The fraction of sp³-hybridized carbons (Fsp3) is 0.375. The maximum atomic E-state index is 14.1. The summed E-state index contributed by atoms with van der Waals surface area (Å²) >= 11 is 6.05. The standard InChI is InChI=1S/C16H18ClFN2O3/c1-9(21)7-8-20(3)16(22)13-10(2)23-19-15(13)14-11(17)5-4-6-12(14)18/h4-6,9,21H,7-8H2,1-3H3. The third-order valence-electron chi connectivity index (χ3n) is 3.51. The van der Waals surface area contributed by atoms with Crippen LogP contribution in [0.2, 0.25) is 5.02 Å². The molecule has 1 atom stereocenters. The summed E-state index contributed by atoms with van der Waals surface area (Å²) in [4.78, 5) is 14.1. The number of rotatable bonds is 5. The average Bonchev–Trinajstić information content (AvgIpc) is 2.85. The van der Waals surface area contributed by atoms with Gasteiger partial charge in [-0.3, -0.25) is 4.79 Å². The van der Waals surface area contributed by atoms with E-state index in [1.54, 1.807) is 20.9 Å². The molecule has 1 unspecified atom stereocenters. The van der Waals surface area contributed by atoms with Crippen LogP contribution in [-0.4, -0.2) is 40.8 Å². The van der Waals surface area contributed by atoms with E-state index >= 15 is 0 Å². The second kappa shape index (κ2) is 7.10. The monoisotopic (exact) mass is 340 g/mol. The van der Waals surface area contributed by atoms with Crippen molar-refractivity contribution in [1.29, 1.82) is 0 Å². The van der Waals surface area contributed by atoms with Crippen LogP contribution >= 0.6 is 11.6 Å². The SMILES string of the molecule is Cc1onc(-c2c(F)cccc2Cl)c1C(=O)N(C)CCC(C)O. The highest BCUT2D eigenvalue weighted by Crippen LogP contribution is 2.33. The number of aliphatic hydroxyl groups excluding tert-OH is 1. The minimum absolute atomic E-state index is 0.0401. The first-order valence-corrected chi connectivity index (χ1v) is 7.55. The first-order chi connectivity index (χ1) is 10.8. The third-order valence-corrected chi connectivity index (χ3v) is 3.82. The molecule has 124 valence electrons. The number of benzene rings is 1. The number of aliphatic hydroxyl groups is 1. The number of hydrogen-bond acceptors (Lipinski definition) is 4. The molecule has 1 amide bonds. The lowest BCUT2D eigenvalue weighted by molar-refractivity contribution is 0.0768. The number of aryl methyl sites for hydroxylation is 1. The fourth-order valence-corrected chi connectivity index (χ4v) is 2.44. The highest BCUT2D eigenvalue weighted by Gasteiger charge is 2.27. The Labute approximate surface area is 138 Å². The molecule has 5 nitrogen and oxygen atoms in total. The van der Waals surface area contributed by atoms with Crippen molar-refractivity contribution in [3.8, 4) is 11.3 Å². The van der Waals surface area contributed by atoms with Gasteiger partial charge in [-0.15, -0.1) is 0 Å². The van der Waals surface area contributed by atoms with Crippen LogP contribution in [0.3, 0.4) is 0 Å². The second-order valence-electron chi connectivity index (χ2n) is 5.42. The Morgan fingerprint density at radius 3 is 2.83 bits per heavy atom. The molecule has 0 aliphatic heterocycles. The number of halogens is 2. The van der Waals surface area contributed by atoms with E-state index in [1.807, 2.05) is 0 Å². The molecule has 23 heavy (non-hydrogen) atoms. The minimum atomic E-state index is -0.577. The minimum Gasteiger partial charge on any atom is -0.393 e. The van der Waals surface area contributed by atoms with Crippen LogP contribution in [0.4, 0.5) is 4.39 Å². The zero-order valence-corrected chi connectivity index (χ0v) is 13.9. The molecule has 1 N–H and O–H groups in total. The molecule has 0 spiro atoms. The maximum Gasteiger partial charge on any atom is 0.259 e. The summed E-state index contributed by atoms with van der Waals surface area (Å²) in [6, 6.07) is 4.25. The summed E-state index contributed by atoms with van der Waals surface area (Å²) in [6.07, 6.45) is -0.0863. The fourth-order valence-electron chi connectivity index (χ4n) is 2.19. The van der Waals surface area contributed by atoms with Crippen LogP contribution < -0.4 is 0 Å². The van der Waals surface area contributed by atoms with E-state index in [1.165, 1.54) is 23.1 Å². The molecular weight excluding hydrogens is 323 g/mol. The van der Waals surface area contributed by atoms with Crippen molar-refractivity contribution in [2.24, 2.45) is 0 Å². The van der Waals surface area contributed by atoms with Crippen LogP contribution in [0, 0.1) is 12.7 Å². The van der Waals surface area contributed by atoms with Crippen molar-refractivity contribution in [3.63, 3.8) is 0 Å². The lowest BCUT2D eigenvalue weighted by atomic mass is 10.0. The molecule has 2 aromatic rings. The Morgan fingerprint density at radius 1 is 1.52 bits per heavy atom. The Bertz CT molecular complexity index is 695. The van der Waals surface area contributed by atoms with E-state index in [9.17, 15) is 14.3 Å². The Kier molecular flexibility index (Phi) is 5.38. The van der Waals surface area contributed by atoms with Crippen LogP contribution in [0.15, 0.2) is 22.7 Å². The van der Waals surface area contributed by atoms with E-state index in [2.05, 4.69) is 5.16 Å². The van der Waals surface area contributed by atoms with Crippen molar-refractivity contribution >= 4 is 17.5 Å². The van der Waals surface area contributed by atoms with E-state index in [0.29, 0.717) is 13.0 Å². The zero-order chi connectivity index (χ0) is 17.1. The van der Waals surface area contributed by atoms with Gasteiger partial charge in [0.1, 0.15) is 22.8 Å². The number of hydrogen-bond donors (Lipinski definition) is 1. The van der Waals surface area contributed by atoms with Gasteiger partial charge in [-0.2, -0.15) is 0 Å². The van der Waals surface area contributed by atoms with Crippen molar-refractivity contribution in [2.45, 2.75) is 26.4 Å². The molecule has 2 rings (SSSR count). The summed E-state index contributed by atoms with van der Waals surface area (Å²) in [5.41, 5.74) is 0.294. The predicted octanol–water partition coefficient (Wildman–Crippen LogP) is 3.29. The molecule has 0 saturated carbocycles. The van der Waals surface area contributed by atoms with Crippen molar-refractivity contribution in [3.05, 3.63) is 40.4 Å². The summed E-state index contributed by atoms with van der Waals surface area (Å²) in [5, 5.41) is 13.3. The number of aromatic nitrogens is 1. The summed E-state index contributed by atoms with van der Waals surface area (Å²) in [7, 11) is 1.60. The molecule has 1 aromatic carbocycles. The number of nitrogens with zero attached hydrogens (tertiary/aromatic N) is 2. The molecule has 0 aliphatic carbocycles. The number of amides is 1. The van der Waals surface area contributed by atoms with Crippen LogP contribution in [0.5, 0.6) is 0 Å². The molecule has 1 heterocycles. The van der Waals surface area contributed by atoms with Gasteiger partial charge in [0.05, 0.1) is 16.7 Å². The normalized spacial score (nSPS) is 12.3. The van der Waals surface area contributed by atoms with Gasteiger partial charge in [-0.05, 0) is 32.4 Å². The third kappa shape index (κ3) is 3.71. The smallest absolute Gasteiger partial charge is 0.259 e. The Balaban J connectivity index is 2.41. The maximum absolute atomic E-state index is 14.1. The van der Waals surface area contributed by atoms with Gasteiger partial charge >= 0.3 is 0 Å². The lowest BCUT2D eigenvalue weighted by Gasteiger charge is -2.18. The van der Waals surface area contributed by atoms with E-state index < -0.39 is 11.9 Å². The van der Waals surface area contributed by atoms with Gasteiger partial charge in [0.2, 0.25) is 0 Å². The molecule has 0 bridgehead atoms. The largest absolute Gasteiger partial charge is 0.393 e. The van der Waals surface area contributed by atoms with Crippen LogP contribution in [-0.2, 0) is 0 Å². The van der Waals surface area contributed by atoms with Gasteiger partial charge in [-0.1, -0.05) is 22.8 Å². The lowest BCUT2D eigenvalue weighted by Crippen LogP contribution is -2.30. The first-order valence-electron chi connectivity index (χ1n) is 7.17. The van der Waals surface area contributed by atoms with E-state index in [4.69, 9.17) is 16.1 Å². The summed E-state index contributed by atoms with van der Waals surface area (Å²) < 4.78 is 19.2. The first kappa shape index (κ1) is 17.4. The summed E-state index contributed by atoms with van der Waals surface area (Å²) in [5.74, 6) is -0.654. The van der Waals surface area contributed by atoms with Gasteiger partial charge in [0, 0.05) is 13.6 Å². The van der Waals surface area contributed by atoms with Crippen molar-refractivity contribution in [2.75, 3.05) is 13.6 Å². The van der Waals surface area contributed by atoms with Crippen molar-refractivity contribution in [1.82, 2.24) is 10.1 Å². The number of carbonyl (C=O) groups excluding carboxylic acids is 1. The molecular formula is C16H18ClFN2O3. The molecule has 0 saturated heterocycles. The van der Waals surface area contributed by atoms with Gasteiger partial charge in [0.15, 0.2) is 0 Å². The van der Waals surface area contributed by atoms with E-state index in [-0.39, 0.29) is 33.5 Å². The second-order valence-corrected chi connectivity index (χ2v) is 5.83. The Hall–Kier alpha value is -1.92. The molecule has 0 fully saturated rings. The predicted molar refractivity (Wildman–Crippen MR) is 84.9 cm³/mol. The Morgan fingerprint density at radius 2 is 2.22 bits per heavy atom. The summed E-state index contributed by atoms with van der Waals surface area (Å²) in [6.45, 7) is 3.58. The van der Waals surface area contributed by atoms with Gasteiger partial charge in [0.25, 0.3) is 5.91 Å². The topological polar surface area (TPSA) is 66.6 Å².